The smallest absolute Gasteiger partial charge is 0.237 e. The van der Waals surface area contributed by atoms with Crippen molar-refractivity contribution >= 4 is 17.6 Å². The molecule has 3 rings (SSSR count). The van der Waals surface area contributed by atoms with Gasteiger partial charge in [-0.1, -0.05) is 25.3 Å². The highest BCUT2D eigenvalue weighted by Crippen LogP contribution is 2.25. The largest absolute Gasteiger partial charge is 0.368 e. The van der Waals surface area contributed by atoms with Gasteiger partial charge >= 0.3 is 0 Å². The number of hydrogen-bond donors (Lipinski definition) is 3. The molecule has 1 saturated heterocycles. The average molecular weight is 388 g/mol. The van der Waals surface area contributed by atoms with E-state index in [0.29, 0.717) is 25.6 Å². The minimum absolute atomic E-state index is 0.0144. The van der Waals surface area contributed by atoms with Crippen LogP contribution in [0.1, 0.15) is 44.1 Å². The van der Waals surface area contributed by atoms with E-state index in [1.54, 1.807) is 6.20 Å². The molecule has 1 atom stereocenters. The third-order valence-electron chi connectivity index (χ3n) is 5.79. The molecular weight excluding hydrogens is 354 g/mol. The third kappa shape index (κ3) is 5.92. The average Bonchev–Trinajstić information content (AvgIpc) is 2.70. The molecule has 0 aromatic carbocycles. The van der Waals surface area contributed by atoms with Crippen molar-refractivity contribution in [2.75, 3.05) is 38.0 Å². The summed E-state index contributed by atoms with van der Waals surface area (Å²) in [5.74, 6) is 1.41. The fraction of sp³-hybridized carbons (Fsp3) is 0.667. The molecule has 0 bridgehead atoms. The van der Waals surface area contributed by atoms with Crippen LogP contribution in [0, 0.1) is 12.8 Å². The summed E-state index contributed by atoms with van der Waals surface area (Å²) < 4.78 is 0. The zero-order valence-electron chi connectivity index (χ0n) is 16.9. The van der Waals surface area contributed by atoms with Gasteiger partial charge in [0, 0.05) is 38.9 Å². The normalized spacial score (nSPS) is 21.2. The van der Waals surface area contributed by atoms with Crippen LogP contribution >= 0.6 is 0 Å². The summed E-state index contributed by atoms with van der Waals surface area (Å²) in [6, 6.07) is 3.55. The van der Waals surface area contributed by atoms with Gasteiger partial charge in [-0.3, -0.25) is 14.5 Å². The number of aromatic nitrogens is 1. The van der Waals surface area contributed by atoms with Crippen molar-refractivity contribution in [1.29, 1.82) is 0 Å². The maximum absolute atomic E-state index is 12.4. The van der Waals surface area contributed by atoms with Gasteiger partial charge in [-0.15, -0.1) is 0 Å². The highest BCUT2D eigenvalue weighted by Gasteiger charge is 2.33. The fourth-order valence-corrected chi connectivity index (χ4v) is 4.21. The Labute approximate surface area is 167 Å². The number of hydrogen-bond acceptors (Lipinski definition) is 5. The van der Waals surface area contributed by atoms with Gasteiger partial charge in [0.05, 0.1) is 12.5 Å². The van der Waals surface area contributed by atoms with Crippen LogP contribution in [-0.4, -0.2) is 60.5 Å². The number of anilines is 1. The van der Waals surface area contributed by atoms with Gasteiger partial charge in [0.1, 0.15) is 5.82 Å². The molecule has 1 aromatic heterocycles. The summed E-state index contributed by atoms with van der Waals surface area (Å²) in [6.45, 7) is 5.55. The number of pyridine rings is 1. The number of carbonyl (C=O) groups is 2. The van der Waals surface area contributed by atoms with Crippen molar-refractivity contribution in [3.8, 4) is 0 Å². The minimum Gasteiger partial charge on any atom is -0.368 e. The topological polar surface area (TPSA) is 86.4 Å². The Kier molecular flexibility index (Phi) is 7.65. The fourth-order valence-electron chi connectivity index (χ4n) is 4.21. The lowest BCUT2D eigenvalue weighted by Gasteiger charge is -2.37. The number of aryl methyl sites for hydroxylation is 1. The molecule has 1 saturated carbocycles. The summed E-state index contributed by atoms with van der Waals surface area (Å²) >= 11 is 0. The van der Waals surface area contributed by atoms with Crippen molar-refractivity contribution in [1.82, 2.24) is 20.5 Å². The Morgan fingerprint density at radius 2 is 2.11 bits per heavy atom. The summed E-state index contributed by atoms with van der Waals surface area (Å²) in [5.41, 5.74) is 1.08. The van der Waals surface area contributed by atoms with Crippen LogP contribution in [0.5, 0.6) is 0 Å². The van der Waals surface area contributed by atoms with Crippen molar-refractivity contribution in [3.63, 3.8) is 0 Å². The predicted molar refractivity (Wildman–Crippen MR) is 110 cm³/mol. The molecule has 2 heterocycles. The van der Waals surface area contributed by atoms with Gasteiger partial charge in [0.25, 0.3) is 0 Å². The lowest BCUT2D eigenvalue weighted by atomic mass is 9.88. The van der Waals surface area contributed by atoms with E-state index in [1.165, 1.54) is 32.1 Å². The molecule has 2 aliphatic rings. The summed E-state index contributed by atoms with van der Waals surface area (Å²) in [7, 11) is 0. The molecule has 2 amide bonds. The van der Waals surface area contributed by atoms with E-state index < -0.39 is 0 Å². The molecule has 0 radical (unpaired) electrons. The minimum atomic E-state index is -0.346. The standard InChI is InChI=1S/C21H33N5O2/c1-16-6-5-9-23-20(16)24-11-10-22-19(27)14-18-21(28)25-12-13-26(18)15-17-7-3-2-4-8-17/h5-6,9,17-18H,2-4,7-8,10-15H2,1H3,(H,22,27)(H,23,24)(H,25,28). The number of rotatable bonds is 8. The van der Waals surface area contributed by atoms with Crippen LogP contribution < -0.4 is 16.0 Å². The quantitative estimate of drug-likeness (QED) is 0.591. The molecule has 1 aliphatic carbocycles. The lowest BCUT2D eigenvalue weighted by molar-refractivity contribution is -0.134. The molecule has 154 valence electrons. The van der Waals surface area contributed by atoms with Crippen molar-refractivity contribution in [2.24, 2.45) is 5.92 Å². The molecule has 2 fully saturated rings. The first-order valence-corrected chi connectivity index (χ1v) is 10.6. The Balaban J connectivity index is 1.43. The lowest BCUT2D eigenvalue weighted by Crippen LogP contribution is -2.57. The van der Waals surface area contributed by atoms with E-state index in [-0.39, 0.29) is 24.3 Å². The highest BCUT2D eigenvalue weighted by molar-refractivity contribution is 5.88. The molecule has 1 aromatic rings. The second kappa shape index (κ2) is 10.4. The van der Waals surface area contributed by atoms with Crippen LogP contribution in [0.4, 0.5) is 5.82 Å². The maximum Gasteiger partial charge on any atom is 0.237 e. The van der Waals surface area contributed by atoms with E-state index in [9.17, 15) is 9.59 Å². The van der Waals surface area contributed by atoms with E-state index in [1.807, 2.05) is 19.1 Å². The van der Waals surface area contributed by atoms with Gasteiger partial charge in [-0.25, -0.2) is 4.98 Å². The molecule has 0 spiro atoms. The summed E-state index contributed by atoms with van der Waals surface area (Å²) in [5, 5.41) is 9.08. The van der Waals surface area contributed by atoms with Crippen molar-refractivity contribution in [3.05, 3.63) is 23.9 Å². The summed E-state index contributed by atoms with van der Waals surface area (Å²) in [6.07, 6.45) is 8.37. The number of nitrogens with one attached hydrogen (secondary N) is 3. The summed E-state index contributed by atoms with van der Waals surface area (Å²) in [4.78, 5) is 31.3. The van der Waals surface area contributed by atoms with E-state index in [4.69, 9.17) is 0 Å². The Morgan fingerprint density at radius 3 is 2.89 bits per heavy atom. The first kappa shape index (κ1) is 20.6. The van der Waals surface area contributed by atoms with Crippen LogP contribution in [0.15, 0.2) is 18.3 Å². The van der Waals surface area contributed by atoms with Crippen molar-refractivity contribution < 1.29 is 9.59 Å². The molecule has 1 unspecified atom stereocenters. The number of carbonyl (C=O) groups excluding carboxylic acids is 2. The van der Waals surface area contributed by atoms with Crippen LogP contribution in [0.2, 0.25) is 0 Å². The van der Waals surface area contributed by atoms with E-state index in [2.05, 4.69) is 25.8 Å². The van der Waals surface area contributed by atoms with E-state index in [0.717, 1.165) is 24.5 Å². The van der Waals surface area contributed by atoms with Gasteiger partial charge in [-0.2, -0.15) is 0 Å². The zero-order valence-corrected chi connectivity index (χ0v) is 16.9. The first-order valence-electron chi connectivity index (χ1n) is 10.6. The molecule has 28 heavy (non-hydrogen) atoms. The monoisotopic (exact) mass is 387 g/mol. The Bertz CT molecular complexity index is 660. The number of nitrogens with zero attached hydrogens (tertiary/aromatic N) is 2. The van der Waals surface area contributed by atoms with Crippen molar-refractivity contribution in [2.45, 2.75) is 51.5 Å². The van der Waals surface area contributed by atoms with Gasteiger partial charge in [0.2, 0.25) is 11.8 Å². The second-order valence-electron chi connectivity index (χ2n) is 7.96. The van der Waals surface area contributed by atoms with E-state index >= 15 is 0 Å². The first-order chi connectivity index (χ1) is 13.6. The molecule has 1 aliphatic heterocycles. The molecule has 7 heteroatoms. The Hall–Kier alpha value is -2.15. The van der Waals surface area contributed by atoms with Crippen LogP contribution in [0.3, 0.4) is 0 Å². The predicted octanol–water partition coefficient (Wildman–Crippen LogP) is 1.69. The van der Waals surface area contributed by atoms with Gasteiger partial charge in [-0.05, 0) is 37.3 Å². The SMILES string of the molecule is Cc1cccnc1NCCNC(=O)CC1C(=O)NCCN1CC1CCCCC1. The van der Waals surface area contributed by atoms with Gasteiger partial charge < -0.3 is 16.0 Å². The Morgan fingerprint density at radius 1 is 1.29 bits per heavy atom. The number of amides is 2. The molecule has 3 N–H and O–H groups in total. The van der Waals surface area contributed by atoms with Gasteiger partial charge in [0.15, 0.2) is 0 Å². The molecule has 7 nitrogen and oxygen atoms in total. The number of piperazine rings is 1. The second-order valence-corrected chi connectivity index (χ2v) is 7.96. The third-order valence-corrected chi connectivity index (χ3v) is 5.79. The maximum atomic E-state index is 12.4. The molecular formula is C21H33N5O2. The highest BCUT2D eigenvalue weighted by atomic mass is 16.2. The van der Waals surface area contributed by atoms with Crippen LogP contribution in [-0.2, 0) is 9.59 Å². The zero-order chi connectivity index (χ0) is 19.8. The van der Waals surface area contributed by atoms with Crippen LogP contribution in [0.25, 0.3) is 0 Å².